The maximum Gasteiger partial charge on any atom is 0.302 e. The summed E-state index contributed by atoms with van der Waals surface area (Å²) < 4.78 is 5.52. The standard InChI is InChI=1S/C23H34O4/c1-13(24)18-7-8-19-17-6-5-15-11-16(27-14(2)25)9-10-22(15,3)20(17)12-21(26)23(18,19)4/h15-20H,5-12H2,1-4H3/t15-,16-,17-,18+,19-,20-,22-,23+/m0/s1. The van der Waals surface area contributed by atoms with Crippen LogP contribution in [0.5, 0.6) is 0 Å². The molecule has 0 unspecified atom stereocenters. The van der Waals surface area contributed by atoms with Crippen LogP contribution in [0.25, 0.3) is 0 Å². The minimum Gasteiger partial charge on any atom is -0.463 e. The third-order valence-electron chi connectivity index (χ3n) is 9.30. The molecule has 0 saturated heterocycles. The van der Waals surface area contributed by atoms with Crippen LogP contribution < -0.4 is 0 Å². The van der Waals surface area contributed by atoms with Gasteiger partial charge < -0.3 is 4.74 Å². The van der Waals surface area contributed by atoms with Crippen molar-refractivity contribution < 1.29 is 19.1 Å². The molecule has 0 radical (unpaired) electrons. The maximum atomic E-state index is 13.4. The van der Waals surface area contributed by atoms with Gasteiger partial charge >= 0.3 is 5.97 Å². The van der Waals surface area contributed by atoms with Gasteiger partial charge in [-0.05, 0) is 81.0 Å². The molecular weight excluding hydrogens is 340 g/mol. The van der Waals surface area contributed by atoms with E-state index in [1.165, 1.54) is 13.3 Å². The molecule has 4 saturated carbocycles. The largest absolute Gasteiger partial charge is 0.463 e. The van der Waals surface area contributed by atoms with E-state index in [1.54, 1.807) is 6.92 Å². The average molecular weight is 375 g/mol. The summed E-state index contributed by atoms with van der Waals surface area (Å²) in [6.07, 6.45) is 7.86. The number of hydrogen-bond acceptors (Lipinski definition) is 4. The highest BCUT2D eigenvalue weighted by Crippen LogP contribution is 2.66. The highest BCUT2D eigenvalue weighted by Gasteiger charge is 2.64. The molecule has 4 nitrogen and oxygen atoms in total. The van der Waals surface area contributed by atoms with E-state index in [-0.39, 0.29) is 29.2 Å². The molecule has 27 heavy (non-hydrogen) atoms. The Balaban J connectivity index is 1.59. The van der Waals surface area contributed by atoms with Crippen LogP contribution in [0.4, 0.5) is 0 Å². The van der Waals surface area contributed by atoms with E-state index in [4.69, 9.17) is 4.74 Å². The van der Waals surface area contributed by atoms with E-state index >= 15 is 0 Å². The highest BCUT2D eigenvalue weighted by atomic mass is 16.5. The average Bonchev–Trinajstić information content (AvgIpc) is 2.95. The normalized spacial score (nSPS) is 49.0. The molecule has 8 atom stereocenters. The van der Waals surface area contributed by atoms with Crippen LogP contribution in [0.3, 0.4) is 0 Å². The van der Waals surface area contributed by atoms with Crippen LogP contribution in [-0.4, -0.2) is 23.6 Å². The van der Waals surface area contributed by atoms with Gasteiger partial charge in [-0.3, -0.25) is 14.4 Å². The van der Waals surface area contributed by atoms with E-state index in [0.717, 1.165) is 38.5 Å². The Morgan fingerprint density at radius 1 is 1.00 bits per heavy atom. The first kappa shape index (κ1) is 19.1. The molecule has 0 amide bonds. The van der Waals surface area contributed by atoms with Gasteiger partial charge in [0.05, 0.1) is 0 Å². The second-order valence-corrected chi connectivity index (χ2v) is 10.3. The van der Waals surface area contributed by atoms with Gasteiger partial charge in [-0.15, -0.1) is 0 Å². The number of rotatable bonds is 2. The lowest BCUT2D eigenvalue weighted by Crippen LogP contribution is -2.57. The van der Waals surface area contributed by atoms with Gasteiger partial charge in [0, 0.05) is 24.7 Å². The van der Waals surface area contributed by atoms with Crippen molar-refractivity contribution in [3.05, 3.63) is 0 Å². The molecule has 0 aliphatic heterocycles. The predicted molar refractivity (Wildman–Crippen MR) is 102 cm³/mol. The van der Waals surface area contributed by atoms with Crippen molar-refractivity contribution in [1.82, 2.24) is 0 Å². The van der Waals surface area contributed by atoms with Crippen molar-refractivity contribution in [2.24, 2.45) is 40.4 Å². The van der Waals surface area contributed by atoms with E-state index in [9.17, 15) is 14.4 Å². The Bertz CT molecular complexity index is 669. The van der Waals surface area contributed by atoms with E-state index in [2.05, 4.69) is 13.8 Å². The molecule has 4 aliphatic carbocycles. The zero-order chi connectivity index (χ0) is 19.6. The van der Waals surface area contributed by atoms with Crippen LogP contribution in [0.15, 0.2) is 0 Å². The molecule has 4 rings (SSSR count). The SMILES string of the molecule is CC(=O)O[C@H]1CC[C@@]2(C)[C@@H](CC[C@@H]3[C@@H]2CC(=O)[C@]2(C)[C@@H](C(C)=O)CC[C@@H]32)C1. The van der Waals surface area contributed by atoms with Crippen LogP contribution in [0.1, 0.15) is 79.1 Å². The zero-order valence-corrected chi connectivity index (χ0v) is 17.3. The predicted octanol–water partition coefficient (Wildman–Crippen LogP) is 4.35. The summed E-state index contributed by atoms with van der Waals surface area (Å²) >= 11 is 0. The van der Waals surface area contributed by atoms with Gasteiger partial charge in [-0.1, -0.05) is 13.8 Å². The first-order valence-corrected chi connectivity index (χ1v) is 10.9. The fourth-order valence-electron chi connectivity index (χ4n) is 7.92. The monoisotopic (exact) mass is 374 g/mol. The lowest BCUT2D eigenvalue weighted by Gasteiger charge is -2.60. The third-order valence-corrected chi connectivity index (χ3v) is 9.30. The first-order chi connectivity index (χ1) is 12.7. The second-order valence-electron chi connectivity index (χ2n) is 10.3. The first-order valence-electron chi connectivity index (χ1n) is 10.9. The fourth-order valence-corrected chi connectivity index (χ4v) is 7.92. The number of carbonyl (C=O) groups excluding carboxylic acids is 3. The Hall–Kier alpha value is -1.19. The molecule has 4 aliphatic rings. The van der Waals surface area contributed by atoms with Gasteiger partial charge in [0.2, 0.25) is 0 Å². The number of carbonyl (C=O) groups is 3. The topological polar surface area (TPSA) is 60.4 Å². The third kappa shape index (κ3) is 2.73. The summed E-state index contributed by atoms with van der Waals surface area (Å²) in [5.41, 5.74) is -0.254. The molecule has 0 spiro atoms. The number of fused-ring (bicyclic) bond motifs is 5. The summed E-state index contributed by atoms with van der Waals surface area (Å²) in [5.74, 6) is 2.22. The summed E-state index contributed by atoms with van der Waals surface area (Å²) in [5, 5.41) is 0. The maximum absolute atomic E-state index is 13.4. The number of Topliss-reactive ketones (excluding diaryl/α,β-unsaturated/α-hetero) is 2. The van der Waals surface area contributed by atoms with E-state index < -0.39 is 5.41 Å². The Kier molecular flexibility index (Phi) is 4.55. The molecule has 4 heteroatoms. The molecule has 0 N–H and O–H groups in total. The van der Waals surface area contributed by atoms with Crippen LogP contribution in [0, 0.1) is 40.4 Å². The van der Waals surface area contributed by atoms with Crippen LogP contribution >= 0.6 is 0 Å². The molecule has 0 aromatic rings. The minimum atomic E-state index is -0.425. The van der Waals surface area contributed by atoms with Crippen molar-refractivity contribution in [3.63, 3.8) is 0 Å². The Morgan fingerprint density at radius 2 is 1.74 bits per heavy atom. The number of ketones is 2. The zero-order valence-electron chi connectivity index (χ0n) is 17.3. The lowest BCUT2D eigenvalue weighted by atomic mass is 9.44. The smallest absolute Gasteiger partial charge is 0.302 e. The summed E-state index contributed by atoms with van der Waals surface area (Å²) in [6, 6.07) is 0. The molecule has 0 aromatic carbocycles. The Labute approximate surface area is 162 Å². The quantitative estimate of drug-likeness (QED) is 0.675. The van der Waals surface area contributed by atoms with Crippen LogP contribution in [-0.2, 0) is 19.1 Å². The highest BCUT2D eigenvalue weighted by molar-refractivity contribution is 5.93. The fraction of sp³-hybridized carbons (Fsp3) is 0.870. The van der Waals surface area contributed by atoms with Crippen LogP contribution in [0.2, 0.25) is 0 Å². The van der Waals surface area contributed by atoms with Crippen molar-refractivity contribution in [2.45, 2.75) is 85.2 Å². The van der Waals surface area contributed by atoms with Crippen molar-refractivity contribution in [3.8, 4) is 0 Å². The molecule has 4 fully saturated rings. The van der Waals surface area contributed by atoms with Crippen molar-refractivity contribution in [2.75, 3.05) is 0 Å². The van der Waals surface area contributed by atoms with Gasteiger partial charge in [-0.25, -0.2) is 0 Å². The van der Waals surface area contributed by atoms with Gasteiger partial charge in [0.25, 0.3) is 0 Å². The molecule has 0 bridgehead atoms. The summed E-state index contributed by atoms with van der Waals surface area (Å²) in [4.78, 5) is 37.0. The molecule has 0 aromatic heterocycles. The van der Waals surface area contributed by atoms with E-state index in [0.29, 0.717) is 35.9 Å². The number of hydrogen-bond donors (Lipinski definition) is 0. The second kappa shape index (κ2) is 6.42. The lowest BCUT2D eigenvalue weighted by molar-refractivity contribution is -0.167. The number of esters is 1. The van der Waals surface area contributed by atoms with Gasteiger partial charge in [0.15, 0.2) is 0 Å². The summed E-state index contributed by atoms with van der Waals surface area (Å²) in [7, 11) is 0. The van der Waals surface area contributed by atoms with E-state index in [1.807, 2.05) is 0 Å². The van der Waals surface area contributed by atoms with Crippen molar-refractivity contribution >= 4 is 17.5 Å². The molecular formula is C23H34O4. The Morgan fingerprint density at radius 3 is 2.41 bits per heavy atom. The number of ether oxygens (including phenoxy) is 1. The van der Waals surface area contributed by atoms with Gasteiger partial charge in [-0.2, -0.15) is 0 Å². The molecule has 150 valence electrons. The summed E-state index contributed by atoms with van der Waals surface area (Å²) in [6.45, 7) is 7.66. The minimum absolute atomic E-state index is 0.0512. The molecule has 0 heterocycles. The van der Waals surface area contributed by atoms with Crippen molar-refractivity contribution in [1.29, 1.82) is 0 Å². The van der Waals surface area contributed by atoms with Gasteiger partial charge in [0.1, 0.15) is 17.7 Å².